The molecule has 0 aliphatic carbocycles. The van der Waals surface area contributed by atoms with E-state index in [4.69, 9.17) is 5.26 Å². The molecule has 2 rings (SSSR count). The number of hydrogen-bond donors (Lipinski definition) is 0. The molecule has 0 fully saturated rings. The summed E-state index contributed by atoms with van der Waals surface area (Å²) in [5.74, 6) is -0.235. The minimum Gasteiger partial charge on any atom is -0.205 e. The number of nitriles is 1. The minimum absolute atomic E-state index is 0.235. The van der Waals surface area contributed by atoms with Crippen LogP contribution < -0.4 is 0 Å². The molecule has 0 aliphatic heterocycles. The van der Waals surface area contributed by atoms with Crippen LogP contribution in [0.4, 0.5) is 4.39 Å². The van der Waals surface area contributed by atoms with Gasteiger partial charge in [-0.25, -0.2) is 4.39 Å². The normalized spacial score (nSPS) is 10.2. The van der Waals surface area contributed by atoms with Gasteiger partial charge in [-0.3, -0.25) is 0 Å². The summed E-state index contributed by atoms with van der Waals surface area (Å²) in [7, 11) is 0. The second kappa shape index (κ2) is 2.82. The fourth-order valence-electron chi connectivity index (χ4n) is 1.38. The third kappa shape index (κ3) is 1.11. The zero-order valence-corrected chi connectivity index (χ0v) is 7.78. The Labute approximate surface area is 79.0 Å². The molecule has 0 N–H and O–H groups in total. The van der Waals surface area contributed by atoms with E-state index in [2.05, 4.69) is 6.07 Å². The first-order chi connectivity index (χ1) is 6.24. The highest BCUT2D eigenvalue weighted by Crippen LogP contribution is 2.28. The maximum absolute atomic E-state index is 13.3. The number of nitrogens with zero attached hydrogens (tertiary/aromatic N) is 1. The van der Waals surface area contributed by atoms with Gasteiger partial charge < -0.3 is 0 Å². The van der Waals surface area contributed by atoms with E-state index >= 15 is 0 Å². The molecule has 0 spiro atoms. The highest BCUT2D eigenvalue weighted by atomic mass is 32.1. The Bertz CT molecular complexity index is 507. The van der Waals surface area contributed by atoms with Crippen LogP contribution in [0.3, 0.4) is 0 Å². The van der Waals surface area contributed by atoms with Crippen molar-refractivity contribution >= 4 is 21.4 Å². The largest absolute Gasteiger partial charge is 0.205 e. The molecule has 1 aromatic carbocycles. The molecule has 1 aromatic heterocycles. The highest BCUT2D eigenvalue weighted by Gasteiger charge is 2.09. The number of halogens is 1. The average molecular weight is 191 g/mol. The predicted molar refractivity (Wildman–Crippen MR) is 51.2 cm³/mol. The van der Waals surface area contributed by atoms with Crippen molar-refractivity contribution in [3.05, 3.63) is 34.5 Å². The SMILES string of the molecule is Cc1cc(F)c2sccc2c1C#N. The van der Waals surface area contributed by atoms with E-state index < -0.39 is 0 Å². The lowest BCUT2D eigenvalue weighted by Crippen LogP contribution is -1.85. The van der Waals surface area contributed by atoms with E-state index in [1.807, 2.05) is 0 Å². The number of hydrogen-bond acceptors (Lipinski definition) is 2. The summed E-state index contributed by atoms with van der Waals surface area (Å²) in [6.45, 7) is 1.75. The van der Waals surface area contributed by atoms with Crippen LogP contribution in [0.25, 0.3) is 10.1 Å². The van der Waals surface area contributed by atoms with Crippen molar-refractivity contribution in [3.63, 3.8) is 0 Å². The quantitative estimate of drug-likeness (QED) is 0.627. The van der Waals surface area contributed by atoms with Gasteiger partial charge in [-0.15, -0.1) is 11.3 Å². The lowest BCUT2D eigenvalue weighted by molar-refractivity contribution is 0.640. The smallest absolute Gasteiger partial charge is 0.141 e. The van der Waals surface area contributed by atoms with Crippen LogP contribution in [0.15, 0.2) is 17.5 Å². The highest BCUT2D eigenvalue weighted by molar-refractivity contribution is 7.17. The molecular weight excluding hydrogens is 185 g/mol. The maximum Gasteiger partial charge on any atom is 0.141 e. The zero-order valence-electron chi connectivity index (χ0n) is 6.97. The number of fused-ring (bicyclic) bond motifs is 1. The molecule has 0 amide bonds. The Hall–Kier alpha value is -1.40. The summed E-state index contributed by atoms with van der Waals surface area (Å²) < 4.78 is 13.9. The Kier molecular flexibility index (Phi) is 1.78. The second-order valence-corrected chi connectivity index (χ2v) is 3.74. The van der Waals surface area contributed by atoms with Crippen LogP contribution in [-0.2, 0) is 0 Å². The summed E-state index contributed by atoms with van der Waals surface area (Å²) in [5, 5.41) is 11.4. The van der Waals surface area contributed by atoms with Gasteiger partial charge >= 0.3 is 0 Å². The first kappa shape index (κ1) is 8.21. The molecular formula is C10H6FNS. The van der Waals surface area contributed by atoms with Gasteiger partial charge in [-0.05, 0) is 30.0 Å². The molecule has 1 heterocycles. The summed E-state index contributed by atoms with van der Waals surface area (Å²) >= 11 is 1.33. The van der Waals surface area contributed by atoms with Gasteiger partial charge in [-0.1, -0.05) is 0 Å². The molecule has 0 saturated heterocycles. The molecule has 0 atom stereocenters. The first-order valence-electron chi connectivity index (χ1n) is 3.80. The van der Waals surface area contributed by atoms with E-state index in [-0.39, 0.29) is 5.82 Å². The Morgan fingerprint density at radius 2 is 2.31 bits per heavy atom. The topological polar surface area (TPSA) is 23.8 Å². The lowest BCUT2D eigenvalue weighted by atomic mass is 10.1. The van der Waals surface area contributed by atoms with E-state index in [0.717, 1.165) is 5.39 Å². The molecule has 0 saturated carbocycles. The molecule has 2 aromatic rings. The third-order valence-corrected chi connectivity index (χ3v) is 2.92. The van der Waals surface area contributed by atoms with Crippen LogP contribution in [-0.4, -0.2) is 0 Å². The Morgan fingerprint density at radius 1 is 1.54 bits per heavy atom. The van der Waals surface area contributed by atoms with Crippen LogP contribution in [0.2, 0.25) is 0 Å². The van der Waals surface area contributed by atoms with E-state index in [0.29, 0.717) is 15.8 Å². The first-order valence-corrected chi connectivity index (χ1v) is 4.68. The minimum atomic E-state index is -0.235. The van der Waals surface area contributed by atoms with Crippen molar-refractivity contribution in [2.75, 3.05) is 0 Å². The molecule has 0 unspecified atom stereocenters. The lowest BCUT2D eigenvalue weighted by Gasteiger charge is -1.99. The number of rotatable bonds is 0. The van der Waals surface area contributed by atoms with Crippen molar-refractivity contribution < 1.29 is 4.39 Å². The van der Waals surface area contributed by atoms with Crippen molar-refractivity contribution in [1.29, 1.82) is 5.26 Å². The van der Waals surface area contributed by atoms with Gasteiger partial charge in [0, 0.05) is 5.39 Å². The average Bonchev–Trinajstić information content (AvgIpc) is 2.53. The van der Waals surface area contributed by atoms with Gasteiger partial charge in [0.15, 0.2) is 0 Å². The van der Waals surface area contributed by atoms with Crippen molar-refractivity contribution in [2.24, 2.45) is 0 Å². The fraction of sp³-hybridized carbons (Fsp3) is 0.100. The van der Waals surface area contributed by atoms with Crippen LogP contribution in [0.5, 0.6) is 0 Å². The molecule has 13 heavy (non-hydrogen) atoms. The molecule has 3 heteroatoms. The predicted octanol–water partition coefficient (Wildman–Crippen LogP) is 3.22. The zero-order chi connectivity index (χ0) is 9.42. The van der Waals surface area contributed by atoms with Crippen molar-refractivity contribution in [1.82, 2.24) is 0 Å². The molecule has 1 nitrogen and oxygen atoms in total. The van der Waals surface area contributed by atoms with Crippen LogP contribution >= 0.6 is 11.3 Å². The van der Waals surface area contributed by atoms with Crippen molar-refractivity contribution in [3.8, 4) is 6.07 Å². The standard InChI is InChI=1S/C10H6FNS/c1-6-4-9(11)10-7(2-3-13-10)8(6)5-12/h2-4H,1H3. The van der Waals surface area contributed by atoms with E-state index in [1.54, 1.807) is 18.4 Å². The molecule has 0 bridgehead atoms. The number of aryl methyl sites for hydroxylation is 1. The molecule has 0 radical (unpaired) electrons. The fourth-order valence-corrected chi connectivity index (χ4v) is 2.19. The van der Waals surface area contributed by atoms with Crippen molar-refractivity contribution in [2.45, 2.75) is 6.92 Å². The summed E-state index contributed by atoms with van der Waals surface area (Å²) in [4.78, 5) is 0. The van der Waals surface area contributed by atoms with Crippen LogP contribution in [0, 0.1) is 24.1 Å². The Balaban J connectivity index is 2.99. The van der Waals surface area contributed by atoms with Crippen LogP contribution in [0.1, 0.15) is 11.1 Å². The van der Waals surface area contributed by atoms with Gasteiger partial charge in [0.25, 0.3) is 0 Å². The molecule has 64 valence electrons. The van der Waals surface area contributed by atoms with Gasteiger partial charge in [0.2, 0.25) is 0 Å². The monoisotopic (exact) mass is 191 g/mol. The number of benzene rings is 1. The molecule has 0 aliphatic rings. The van der Waals surface area contributed by atoms with Gasteiger partial charge in [0.1, 0.15) is 11.9 Å². The summed E-state index contributed by atoms with van der Waals surface area (Å²) in [6.07, 6.45) is 0. The third-order valence-electron chi connectivity index (χ3n) is 2.00. The summed E-state index contributed by atoms with van der Waals surface area (Å²) in [5.41, 5.74) is 1.28. The van der Waals surface area contributed by atoms with Gasteiger partial charge in [-0.2, -0.15) is 5.26 Å². The van der Waals surface area contributed by atoms with E-state index in [1.165, 1.54) is 17.4 Å². The van der Waals surface area contributed by atoms with Gasteiger partial charge in [0.05, 0.1) is 10.3 Å². The second-order valence-electron chi connectivity index (χ2n) is 2.83. The summed E-state index contributed by atoms with van der Waals surface area (Å²) in [6, 6.07) is 5.29. The Morgan fingerprint density at radius 3 is 3.00 bits per heavy atom. The van der Waals surface area contributed by atoms with E-state index in [9.17, 15) is 4.39 Å². The maximum atomic E-state index is 13.3. The number of thiophene rings is 1.